The first kappa shape index (κ1) is 20.9. The number of nitrogens with two attached hydrogens (primary N) is 2. The van der Waals surface area contributed by atoms with Crippen LogP contribution in [0.3, 0.4) is 0 Å². The summed E-state index contributed by atoms with van der Waals surface area (Å²) in [5, 5.41) is 13.5. The fourth-order valence-corrected chi connectivity index (χ4v) is 4.80. The Kier molecular flexibility index (Phi) is 4.78. The molecular formula is C24H28N6O. The van der Waals surface area contributed by atoms with Crippen molar-refractivity contribution in [3.05, 3.63) is 57.8 Å². The average molecular weight is 417 g/mol. The summed E-state index contributed by atoms with van der Waals surface area (Å²) in [7, 11) is 3.80. The number of rotatable bonds is 2. The van der Waals surface area contributed by atoms with Gasteiger partial charge in [0.2, 0.25) is 0 Å². The zero-order valence-corrected chi connectivity index (χ0v) is 18.7. The van der Waals surface area contributed by atoms with Crippen LogP contribution in [0.5, 0.6) is 0 Å². The maximum absolute atomic E-state index is 13.6. The van der Waals surface area contributed by atoms with E-state index in [2.05, 4.69) is 24.9 Å². The van der Waals surface area contributed by atoms with Gasteiger partial charge in [-0.15, -0.1) is 0 Å². The smallest absolute Gasteiger partial charge is 0.162 e. The summed E-state index contributed by atoms with van der Waals surface area (Å²) in [6.07, 6.45) is 1.17. The van der Waals surface area contributed by atoms with E-state index in [9.17, 15) is 10.1 Å². The molecule has 7 nitrogen and oxygen atoms in total. The van der Waals surface area contributed by atoms with E-state index in [1.807, 2.05) is 55.3 Å². The number of aromatic nitrogens is 1. The van der Waals surface area contributed by atoms with Crippen LogP contribution in [0.1, 0.15) is 54.9 Å². The van der Waals surface area contributed by atoms with Crippen LogP contribution in [0.4, 0.5) is 17.3 Å². The van der Waals surface area contributed by atoms with Gasteiger partial charge in [0, 0.05) is 43.3 Å². The molecule has 1 atom stereocenters. The summed E-state index contributed by atoms with van der Waals surface area (Å²) >= 11 is 0. The number of ketones is 1. The summed E-state index contributed by atoms with van der Waals surface area (Å²) in [4.78, 5) is 18.2. The summed E-state index contributed by atoms with van der Waals surface area (Å²) in [5.41, 5.74) is 17.3. The SMILES string of the molecule is Cc1ccc([C@@H]2C3=C(CC(C)(C)CC3=O)N(N(C)C)c3nc(N)c(C#N)c(N)c32)cc1. The van der Waals surface area contributed by atoms with Crippen molar-refractivity contribution in [3.8, 4) is 6.07 Å². The van der Waals surface area contributed by atoms with Crippen molar-refractivity contribution < 1.29 is 4.79 Å². The zero-order valence-electron chi connectivity index (χ0n) is 18.7. The maximum atomic E-state index is 13.6. The van der Waals surface area contributed by atoms with Gasteiger partial charge in [-0.05, 0) is 24.3 Å². The molecule has 1 aliphatic heterocycles. The Morgan fingerprint density at radius 1 is 1.19 bits per heavy atom. The number of anilines is 3. The van der Waals surface area contributed by atoms with E-state index in [1.54, 1.807) is 0 Å². The topological polar surface area (TPSA) is 112 Å². The fourth-order valence-electron chi connectivity index (χ4n) is 4.80. The highest BCUT2D eigenvalue weighted by molar-refractivity contribution is 6.02. The van der Waals surface area contributed by atoms with E-state index in [4.69, 9.17) is 11.5 Å². The third-order valence-electron chi connectivity index (χ3n) is 6.14. The summed E-state index contributed by atoms with van der Waals surface area (Å²) in [6, 6.07) is 10.2. The van der Waals surface area contributed by atoms with Gasteiger partial charge in [-0.1, -0.05) is 43.7 Å². The summed E-state index contributed by atoms with van der Waals surface area (Å²) < 4.78 is 0. The number of benzene rings is 1. The lowest BCUT2D eigenvalue weighted by Crippen LogP contribution is -2.46. The lowest BCUT2D eigenvalue weighted by molar-refractivity contribution is -0.118. The van der Waals surface area contributed by atoms with Crippen molar-refractivity contribution in [2.75, 3.05) is 30.6 Å². The Hall–Kier alpha value is -3.37. The number of carbonyl (C=O) groups is 1. The van der Waals surface area contributed by atoms with E-state index in [0.29, 0.717) is 17.8 Å². The Balaban J connectivity index is 2.12. The van der Waals surface area contributed by atoms with Gasteiger partial charge in [-0.2, -0.15) is 5.26 Å². The second-order valence-corrected chi connectivity index (χ2v) is 9.44. The van der Waals surface area contributed by atoms with E-state index in [1.165, 1.54) is 0 Å². The largest absolute Gasteiger partial charge is 0.397 e. The van der Waals surface area contributed by atoms with Crippen molar-refractivity contribution in [1.29, 1.82) is 5.26 Å². The van der Waals surface area contributed by atoms with Gasteiger partial charge in [0.05, 0.1) is 5.69 Å². The molecule has 2 aromatic rings. The van der Waals surface area contributed by atoms with Gasteiger partial charge in [0.1, 0.15) is 17.5 Å². The first-order chi connectivity index (χ1) is 14.6. The Bertz CT molecular complexity index is 1150. The molecule has 0 spiro atoms. The highest BCUT2D eigenvalue weighted by atomic mass is 16.1. The molecule has 2 heterocycles. The molecule has 0 radical (unpaired) electrons. The predicted octanol–water partition coefficient (Wildman–Crippen LogP) is 3.50. The molecule has 0 bridgehead atoms. The average Bonchev–Trinajstić information content (AvgIpc) is 2.66. The highest BCUT2D eigenvalue weighted by Gasteiger charge is 2.46. The fraction of sp³-hybridized carbons (Fsp3) is 0.375. The quantitative estimate of drug-likeness (QED) is 0.770. The second-order valence-electron chi connectivity index (χ2n) is 9.44. The molecule has 1 aromatic heterocycles. The molecule has 0 saturated carbocycles. The molecule has 4 N–H and O–H groups in total. The van der Waals surface area contributed by atoms with Crippen LogP contribution in [0.15, 0.2) is 35.5 Å². The molecule has 0 saturated heterocycles. The van der Waals surface area contributed by atoms with Crippen molar-refractivity contribution in [3.63, 3.8) is 0 Å². The first-order valence-electron chi connectivity index (χ1n) is 10.3. The maximum Gasteiger partial charge on any atom is 0.162 e. The number of nitriles is 1. The third kappa shape index (κ3) is 3.24. The highest BCUT2D eigenvalue weighted by Crippen LogP contribution is 2.53. The molecule has 7 heteroatoms. The Morgan fingerprint density at radius 2 is 1.84 bits per heavy atom. The van der Waals surface area contributed by atoms with Crippen molar-refractivity contribution >= 4 is 23.1 Å². The molecule has 31 heavy (non-hydrogen) atoms. The number of fused-ring (bicyclic) bond motifs is 1. The van der Waals surface area contributed by atoms with Gasteiger partial charge in [-0.25, -0.2) is 9.99 Å². The normalized spacial score (nSPS) is 19.8. The molecule has 0 amide bonds. The van der Waals surface area contributed by atoms with Crippen LogP contribution in [0, 0.1) is 23.7 Å². The third-order valence-corrected chi connectivity index (χ3v) is 6.14. The van der Waals surface area contributed by atoms with Gasteiger partial charge < -0.3 is 11.5 Å². The van der Waals surface area contributed by atoms with Crippen LogP contribution in [0.25, 0.3) is 0 Å². The van der Waals surface area contributed by atoms with E-state index in [-0.39, 0.29) is 28.3 Å². The van der Waals surface area contributed by atoms with Gasteiger partial charge >= 0.3 is 0 Å². The molecule has 0 fully saturated rings. The van der Waals surface area contributed by atoms with Crippen molar-refractivity contribution in [1.82, 2.24) is 9.99 Å². The molecule has 1 aliphatic carbocycles. The number of pyridine rings is 1. The van der Waals surface area contributed by atoms with Crippen LogP contribution < -0.4 is 16.5 Å². The van der Waals surface area contributed by atoms with Crippen molar-refractivity contribution in [2.45, 2.75) is 39.5 Å². The first-order valence-corrected chi connectivity index (χ1v) is 10.3. The lowest BCUT2D eigenvalue weighted by atomic mass is 9.68. The lowest BCUT2D eigenvalue weighted by Gasteiger charge is -2.46. The van der Waals surface area contributed by atoms with Crippen molar-refractivity contribution in [2.24, 2.45) is 5.41 Å². The number of Topliss-reactive ketones (excluding diaryl/α,β-unsaturated/α-hetero) is 1. The number of nitrogen functional groups attached to an aromatic ring is 2. The van der Waals surface area contributed by atoms with Crippen LogP contribution in [0.2, 0.25) is 0 Å². The number of hydrazine groups is 1. The number of hydrogen-bond acceptors (Lipinski definition) is 7. The minimum Gasteiger partial charge on any atom is -0.397 e. The standard InChI is InChI=1S/C24H28N6O/c1-13-6-8-14(9-7-13)18-19-16(10-24(2,3)11-17(19)31)30(29(4)5)23-20(18)21(26)15(12-25)22(27)28-23/h6-9,18H,10-11H2,1-5H3,(H4,26,27,28)/t18-/m1/s1. The molecule has 0 unspecified atom stereocenters. The number of allylic oxidation sites excluding steroid dienone is 2. The number of carbonyl (C=O) groups excluding carboxylic acids is 1. The minimum atomic E-state index is -0.398. The van der Waals surface area contributed by atoms with Gasteiger partial charge in [-0.3, -0.25) is 9.80 Å². The van der Waals surface area contributed by atoms with E-state index in [0.717, 1.165) is 28.8 Å². The monoisotopic (exact) mass is 416 g/mol. The van der Waals surface area contributed by atoms with Crippen LogP contribution in [-0.4, -0.2) is 29.9 Å². The minimum absolute atomic E-state index is 0.0960. The number of aryl methyl sites for hydroxylation is 1. The molecule has 1 aromatic carbocycles. The second kappa shape index (κ2) is 7.10. The summed E-state index contributed by atoms with van der Waals surface area (Å²) in [5.74, 6) is 0.377. The van der Waals surface area contributed by atoms with Gasteiger partial charge in [0.25, 0.3) is 0 Å². The zero-order chi connectivity index (χ0) is 22.7. The van der Waals surface area contributed by atoms with Crippen LogP contribution >= 0.6 is 0 Å². The predicted molar refractivity (Wildman–Crippen MR) is 122 cm³/mol. The molecule has 2 aliphatic rings. The number of hydrogen-bond donors (Lipinski definition) is 2. The summed E-state index contributed by atoms with van der Waals surface area (Å²) in [6.45, 7) is 6.23. The number of nitrogens with zero attached hydrogens (tertiary/aromatic N) is 4. The van der Waals surface area contributed by atoms with Crippen LogP contribution in [-0.2, 0) is 4.79 Å². The molecule has 160 valence electrons. The van der Waals surface area contributed by atoms with E-state index >= 15 is 0 Å². The van der Waals surface area contributed by atoms with E-state index < -0.39 is 5.92 Å². The molecular weight excluding hydrogens is 388 g/mol. The Morgan fingerprint density at radius 3 is 2.42 bits per heavy atom. The molecule has 4 rings (SSSR count). The van der Waals surface area contributed by atoms with Gasteiger partial charge in [0.15, 0.2) is 11.6 Å². The Labute approximate surface area is 182 Å².